The molecule has 0 N–H and O–H groups in total. The molecule has 24 heavy (non-hydrogen) atoms. The second kappa shape index (κ2) is 23.0. The third kappa shape index (κ3) is 22.0. The Labute approximate surface area is 154 Å². The van der Waals surface area contributed by atoms with Crippen LogP contribution in [0.2, 0.25) is 0 Å². The van der Waals surface area contributed by atoms with Crippen molar-refractivity contribution in [1.29, 1.82) is 0 Å². The van der Waals surface area contributed by atoms with Gasteiger partial charge in [0.05, 0.1) is 0 Å². The summed E-state index contributed by atoms with van der Waals surface area (Å²) in [5.41, 5.74) is 0. The van der Waals surface area contributed by atoms with Crippen LogP contribution in [0.4, 0.5) is 0 Å². The fourth-order valence-electron chi connectivity index (χ4n) is 3.31. The lowest BCUT2D eigenvalue weighted by Crippen LogP contribution is -1.96. The van der Waals surface area contributed by atoms with Crippen LogP contribution in [0.3, 0.4) is 0 Å². The van der Waals surface area contributed by atoms with Crippen LogP contribution >= 0.6 is 0 Å². The Morgan fingerprint density at radius 2 is 0.583 bits per heavy atom. The summed E-state index contributed by atoms with van der Waals surface area (Å²) in [6.07, 6.45) is 26.8. The standard InChI is InChI=1S/C23H48O/c1-3-5-7-8-9-10-11-12-13-14-15-16-17-18-19-21-23-24-22-20-6-4-2/h3-23H2,1-2H3. The highest BCUT2D eigenvalue weighted by molar-refractivity contribution is 4.50. The highest BCUT2D eigenvalue weighted by Gasteiger charge is 1.95. The molecule has 146 valence electrons. The molecular formula is C23H48O. The van der Waals surface area contributed by atoms with Crippen LogP contribution in [-0.4, -0.2) is 13.2 Å². The normalized spacial score (nSPS) is 11.2. The summed E-state index contributed by atoms with van der Waals surface area (Å²) in [7, 11) is 0. The molecule has 0 saturated carbocycles. The Morgan fingerprint density at radius 3 is 0.958 bits per heavy atom. The molecule has 0 aliphatic rings. The summed E-state index contributed by atoms with van der Waals surface area (Å²) in [4.78, 5) is 0. The van der Waals surface area contributed by atoms with Crippen LogP contribution in [0.1, 0.15) is 136 Å². The third-order valence-corrected chi connectivity index (χ3v) is 5.03. The molecule has 0 atom stereocenters. The smallest absolute Gasteiger partial charge is 0.0466 e. The molecule has 0 aromatic carbocycles. The van der Waals surface area contributed by atoms with Gasteiger partial charge in [0.1, 0.15) is 0 Å². The molecule has 0 aliphatic heterocycles. The molecule has 0 rings (SSSR count). The van der Waals surface area contributed by atoms with Gasteiger partial charge < -0.3 is 4.74 Å². The van der Waals surface area contributed by atoms with Gasteiger partial charge in [0.15, 0.2) is 0 Å². The average Bonchev–Trinajstić information content (AvgIpc) is 2.60. The van der Waals surface area contributed by atoms with Crippen LogP contribution in [0.25, 0.3) is 0 Å². The van der Waals surface area contributed by atoms with E-state index in [2.05, 4.69) is 13.8 Å². The molecule has 0 amide bonds. The van der Waals surface area contributed by atoms with Crippen molar-refractivity contribution >= 4 is 0 Å². The predicted molar refractivity (Wildman–Crippen MR) is 110 cm³/mol. The summed E-state index contributed by atoms with van der Waals surface area (Å²) in [5.74, 6) is 0. The molecule has 0 unspecified atom stereocenters. The number of hydrogen-bond donors (Lipinski definition) is 0. The predicted octanol–water partition coefficient (Wildman–Crippen LogP) is 8.45. The lowest BCUT2D eigenvalue weighted by atomic mass is 10.0. The van der Waals surface area contributed by atoms with Gasteiger partial charge in [0, 0.05) is 13.2 Å². The fraction of sp³-hybridized carbons (Fsp3) is 1.00. The van der Waals surface area contributed by atoms with Gasteiger partial charge in [0.25, 0.3) is 0 Å². The van der Waals surface area contributed by atoms with Crippen molar-refractivity contribution in [1.82, 2.24) is 0 Å². The van der Waals surface area contributed by atoms with E-state index in [4.69, 9.17) is 4.74 Å². The minimum atomic E-state index is 0.979. The first-order valence-electron chi connectivity index (χ1n) is 11.5. The maximum atomic E-state index is 5.65. The zero-order chi connectivity index (χ0) is 17.6. The van der Waals surface area contributed by atoms with Crippen molar-refractivity contribution in [3.8, 4) is 0 Å². The molecule has 0 aliphatic carbocycles. The van der Waals surface area contributed by atoms with E-state index in [9.17, 15) is 0 Å². The van der Waals surface area contributed by atoms with Crippen LogP contribution in [0.15, 0.2) is 0 Å². The second-order valence-electron chi connectivity index (χ2n) is 7.62. The summed E-state index contributed by atoms with van der Waals surface area (Å²) >= 11 is 0. The minimum Gasteiger partial charge on any atom is -0.381 e. The van der Waals surface area contributed by atoms with Crippen LogP contribution in [0, 0.1) is 0 Å². The van der Waals surface area contributed by atoms with Gasteiger partial charge in [0.2, 0.25) is 0 Å². The molecule has 0 aromatic rings. The molecule has 0 saturated heterocycles. The highest BCUT2D eigenvalue weighted by Crippen LogP contribution is 2.13. The molecule has 0 radical (unpaired) electrons. The van der Waals surface area contributed by atoms with Crippen molar-refractivity contribution in [2.45, 2.75) is 136 Å². The zero-order valence-electron chi connectivity index (χ0n) is 17.3. The Morgan fingerprint density at radius 1 is 0.333 bits per heavy atom. The van der Waals surface area contributed by atoms with Gasteiger partial charge in [-0.25, -0.2) is 0 Å². The molecule has 0 fully saturated rings. The maximum absolute atomic E-state index is 5.65. The van der Waals surface area contributed by atoms with Crippen molar-refractivity contribution in [3.05, 3.63) is 0 Å². The monoisotopic (exact) mass is 340 g/mol. The summed E-state index contributed by atoms with van der Waals surface area (Å²) in [6.45, 7) is 6.51. The molecule has 1 heteroatoms. The molecule has 0 spiro atoms. The maximum Gasteiger partial charge on any atom is 0.0466 e. The van der Waals surface area contributed by atoms with Gasteiger partial charge in [-0.15, -0.1) is 0 Å². The third-order valence-electron chi connectivity index (χ3n) is 5.03. The van der Waals surface area contributed by atoms with E-state index < -0.39 is 0 Å². The largest absolute Gasteiger partial charge is 0.381 e. The van der Waals surface area contributed by atoms with E-state index in [1.807, 2.05) is 0 Å². The second-order valence-corrected chi connectivity index (χ2v) is 7.62. The van der Waals surface area contributed by atoms with E-state index in [1.165, 1.54) is 122 Å². The number of hydrogen-bond acceptors (Lipinski definition) is 1. The topological polar surface area (TPSA) is 9.23 Å². The van der Waals surface area contributed by atoms with Gasteiger partial charge in [-0.05, 0) is 12.8 Å². The van der Waals surface area contributed by atoms with Gasteiger partial charge in [-0.1, -0.05) is 123 Å². The lowest BCUT2D eigenvalue weighted by molar-refractivity contribution is 0.126. The number of unbranched alkanes of at least 4 members (excludes halogenated alkanes) is 17. The molecular weight excluding hydrogens is 292 g/mol. The highest BCUT2D eigenvalue weighted by atomic mass is 16.5. The van der Waals surface area contributed by atoms with Crippen molar-refractivity contribution in [3.63, 3.8) is 0 Å². The van der Waals surface area contributed by atoms with E-state index in [0.29, 0.717) is 0 Å². The minimum absolute atomic E-state index is 0.979. The fourth-order valence-corrected chi connectivity index (χ4v) is 3.31. The van der Waals surface area contributed by atoms with Gasteiger partial charge >= 0.3 is 0 Å². The molecule has 0 heterocycles. The number of ether oxygens (including phenoxy) is 1. The van der Waals surface area contributed by atoms with Crippen molar-refractivity contribution in [2.75, 3.05) is 13.2 Å². The van der Waals surface area contributed by atoms with Crippen LogP contribution in [-0.2, 0) is 4.74 Å². The Balaban J connectivity index is 2.93. The molecule has 1 nitrogen and oxygen atoms in total. The van der Waals surface area contributed by atoms with Crippen molar-refractivity contribution in [2.24, 2.45) is 0 Å². The zero-order valence-corrected chi connectivity index (χ0v) is 17.3. The van der Waals surface area contributed by atoms with E-state index in [-0.39, 0.29) is 0 Å². The lowest BCUT2D eigenvalue weighted by Gasteiger charge is -2.04. The molecule has 0 bridgehead atoms. The first kappa shape index (κ1) is 24.0. The summed E-state index contributed by atoms with van der Waals surface area (Å²) in [5, 5.41) is 0. The van der Waals surface area contributed by atoms with E-state index in [1.54, 1.807) is 0 Å². The van der Waals surface area contributed by atoms with Gasteiger partial charge in [-0.2, -0.15) is 0 Å². The Bertz CT molecular complexity index is 180. The van der Waals surface area contributed by atoms with Crippen LogP contribution in [0.5, 0.6) is 0 Å². The molecule has 0 aromatic heterocycles. The SMILES string of the molecule is CCCCCCCCCCCCCCCCCCOCCCCC. The Hall–Kier alpha value is -0.0400. The first-order valence-corrected chi connectivity index (χ1v) is 11.5. The average molecular weight is 341 g/mol. The van der Waals surface area contributed by atoms with E-state index in [0.717, 1.165) is 13.2 Å². The first-order chi connectivity index (χ1) is 11.9. The van der Waals surface area contributed by atoms with Crippen molar-refractivity contribution < 1.29 is 4.74 Å². The van der Waals surface area contributed by atoms with E-state index >= 15 is 0 Å². The summed E-state index contributed by atoms with van der Waals surface area (Å²) in [6, 6.07) is 0. The van der Waals surface area contributed by atoms with Gasteiger partial charge in [-0.3, -0.25) is 0 Å². The number of rotatable bonds is 21. The van der Waals surface area contributed by atoms with Crippen LogP contribution < -0.4 is 0 Å². The summed E-state index contributed by atoms with van der Waals surface area (Å²) < 4.78 is 5.65. The quantitative estimate of drug-likeness (QED) is 0.190. The Kier molecular flexibility index (Phi) is 22.9.